The van der Waals surface area contributed by atoms with Crippen LogP contribution in [0.25, 0.3) is 11.0 Å². The molecule has 1 saturated carbocycles. The Morgan fingerprint density at radius 2 is 2.04 bits per heavy atom. The molecule has 2 heterocycles. The summed E-state index contributed by atoms with van der Waals surface area (Å²) in [7, 11) is 0. The average Bonchev–Trinajstić information content (AvgIpc) is 2.73. The Labute approximate surface area is 158 Å². The van der Waals surface area contributed by atoms with E-state index in [0.717, 1.165) is 22.8 Å². The van der Waals surface area contributed by atoms with E-state index >= 15 is 0 Å². The van der Waals surface area contributed by atoms with Crippen molar-refractivity contribution in [3.8, 4) is 0 Å². The number of aromatic nitrogens is 3. The minimum absolute atomic E-state index is 0.0224. The molecular weight excluding hydrogens is 439 g/mol. The van der Waals surface area contributed by atoms with E-state index in [9.17, 15) is 14.7 Å². The van der Waals surface area contributed by atoms with Gasteiger partial charge < -0.3 is 14.4 Å². The molecule has 0 bridgehead atoms. The highest BCUT2D eigenvalue weighted by molar-refractivity contribution is 14.1. The van der Waals surface area contributed by atoms with Gasteiger partial charge in [-0.05, 0) is 62.6 Å². The van der Waals surface area contributed by atoms with Crippen LogP contribution in [-0.4, -0.2) is 37.4 Å². The fraction of sp³-hybridized carbons (Fsp3) is 0.500. The number of hydrogen-bond donors (Lipinski definition) is 1. The molecule has 1 fully saturated rings. The van der Waals surface area contributed by atoms with Gasteiger partial charge in [0.1, 0.15) is 17.6 Å². The Bertz CT molecular complexity index is 839. The van der Waals surface area contributed by atoms with Gasteiger partial charge in [-0.15, -0.1) is 0 Å². The molecule has 2 amide bonds. The minimum Gasteiger partial charge on any atom is -0.464 e. The zero-order chi connectivity index (χ0) is 18.4. The molecule has 1 aliphatic carbocycles. The molecule has 0 atom stereocenters. The molecule has 0 saturated heterocycles. The topological polar surface area (TPSA) is 97.6 Å². The molecule has 1 aliphatic rings. The summed E-state index contributed by atoms with van der Waals surface area (Å²) in [5, 5.41) is 10.1. The van der Waals surface area contributed by atoms with Gasteiger partial charge in [-0.3, -0.25) is 0 Å². The molecule has 2 aromatic heterocycles. The summed E-state index contributed by atoms with van der Waals surface area (Å²) in [4.78, 5) is 33.1. The lowest BCUT2D eigenvalue weighted by Crippen LogP contribution is -2.40. The van der Waals surface area contributed by atoms with Crippen molar-refractivity contribution in [3.63, 3.8) is 0 Å². The third kappa shape index (κ3) is 3.42. The van der Waals surface area contributed by atoms with Crippen LogP contribution >= 0.6 is 22.6 Å². The molecule has 0 radical (unpaired) electrons. The Morgan fingerprint density at radius 1 is 1.36 bits per heavy atom. The standard InChI is InChI=1S/C16H19IN4O4/c1-16(2,3)25-15(24)21(14(22)23)13-11-10(17)7-20(9-5-4-6-9)12(11)18-8-19-13/h7-9H,4-6H2,1-3H3,(H,22,23). The normalized spacial score (nSPS) is 15.0. The van der Waals surface area contributed by atoms with E-state index in [4.69, 9.17) is 4.74 Å². The smallest absolute Gasteiger partial charge is 0.425 e. The molecule has 25 heavy (non-hydrogen) atoms. The number of carbonyl (C=O) groups is 2. The van der Waals surface area contributed by atoms with E-state index in [-0.39, 0.29) is 5.82 Å². The molecule has 3 rings (SSSR count). The fourth-order valence-electron chi connectivity index (χ4n) is 2.70. The van der Waals surface area contributed by atoms with E-state index in [1.165, 1.54) is 6.33 Å². The lowest BCUT2D eigenvalue weighted by atomic mass is 9.93. The molecule has 134 valence electrons. The van der Waals surface area contributed by atoms with Gasteiger partial charge >= 0.3 is 12.2 Å². The van der Waals surface area contributed by atoms with Gasteiger partial charge in [0.05, 0.1) is 5.39 Å². The van der Waals surface area contributed by atoms with Crippen molar-refractivity contribution < 1.29 is 19.4 Å². The number of amides is 2. The van der Waals surface area contributed by atoms with Gasteiger partial charge in [0, 0.05) is 15.8 Å². The lowest BCUT2D eigenvalue weighted by Gasteiger charge is -2.27. The third-order valence-corrected chi connectivity index (χ3v) is 4.81. The molecule has 0 aromatic carbocycles. The number of carboxylic acid groups (broad SMARTS) is 1. The number of imide groups is 1. The molecule has 0 spiro atoms. The molecule has 9 heteroatoms. The molecule has 0 aliphatic heterocycles. The number of carbonyl (C=O) groups excluding carboxylic acids is 1. The van der Waals surface area contributed by atoms with Crippen LogP contribution in [0.1, 0.15) is 46.1 Å². The number of nitrogens with zero attached hydrogens (tertiary/aromatic N) is 4. The van der Waals surface area contributed by atoms with Crippen LogP contribution in [0.3, 0.4) is 0 Å². The lowest BCUT2D eigenvalue weighted by molar-refractivity contribution is 0.0581. The zero-order valence-corrected chi connectivity index (χ0v) is 16.3. The first-order valence-corrected chi connectivity index (χ1v) is 9.04. The summed E-state index contributed by atoms with van der Waals surface area (Å²) in [6, 6.07) is 0.355. The Kier molecular flexibility index (Phi) is 4.60. The van der Waals surface area contributed by atoms with Crippen LogP contribution in [0.4, 0.5) is 15.4 Å². The Hall–Kier alpha value is -1.91. The zero-order valence-electron chi connectivity index (χ0n) is 14.2. The molecule has 1 N–H and O–H groups in total. The molecule has 0 unspecified atom stereocenters. The third-order valence-electron chi connectivity index (χ3n) is 3.99. The van der Waals surface area contributed by atoms with Crippen LogP contribution in [-0.2, 0) is 4.74 Å². The molecule has 8 nitrogen and oxygen atoms in total. The monoisotopic (exact) mass is 458 g/mol. The summed E-state index contributed by atoms with van der Waals surface area (Å²) in [6.07, 6.45) is 4.08. The van der Waals surface area contributed by atoms with Gasteiger partial charge in [-0.2, -0.15) is 4.90 Å². The van der Waals surface area contributed by atoms with Gasteiger partial charge in [-0.25, -0.2) is 19.6 Å². The van der Waals surface area contributed by atoms with Crippen LogP contribution in [0.2, 0.25) is 0 Å². The number of hydrogen-bond acceptors (Lipinski definition) is 5. The van der Waals surface area contributed by atoms with Gasteiger partial charge in [0.2, 0.25) is 0 Å². The molecular formula is C16H19IN4O4. The van der Waals surface area contributed by atoms with E-state index in [1.807, 2.05) is 10.8 Å². The summed E-state index contributed by atoms with van der Waals surface area (Å²) in [5.74, 6) is 0.0224. The number of halogens is 1. The molecule has 2 aromatic rings. The number of rotatable bonds is 2. The second-order valence-corrected chi connectivity index (χ2v) is 8.13. The van der Waals surface area contributed by atoms with Crippen molar-refractivity contribution in [1.82, 2.24) is 14.5 Å². The van der Waals surface area contributed by atoms with E-state index in [1.54, 1.807) is 20.8 Å². The second kappa shape index (κ2) is 6.43. The predicted molar refractivity (Wildman–Crippen MR) is 99.9 cm³/mol. The van der Waals surface area contributed by atoms with Crippen molar-refractivity contribution in [2.75, 3.05) is 4.90 Å². The average molecular weight is 458 g/mol. The Balaban J connectivity index is 2.10. The minimum atomic E-state index is -1.44. The van der Waals surface area contributed by atoms with Crippen LogP contribution in [0.15, 0.2) is 12.5 Å². The first-order valence-electron chi connectivity index (χ1n) is 7.96. The van der Waals surface area contributed by atoms with Crippen molar-refractivity contribution in [1.29, 1.82) is 0 Å². The summed E-state index contributed by atoms with van der Waals surface area (Å²) in [5.41, 5.74) is -0.184. The number of anilines is 1. The highest BCUT2D eigenvalue weighted by Crippen LogP contribution is 2.38. The second-order valence-electron chi connectivity index (χ2n) is 6.96. The van der Waals surface area contributed by atoms with Gasteiger partial charge in [0.25, 0.3) is 0 Å². The quantitative estimate of drug-likeness (QED) is 0.679. The van der Waals surface area contributed by atoms with E-state index in [0.29, 0.717) is 22.0 Å². The maximum atomic E-state index is 12.4. The number of fused-ring (bicyclic) bond motifs is 1. The van der Waals surface area contributed by atoms with Crippen molar-refractivity contribution >= 4 is 51.6 Å². The maximum Gasteiger partial charge on any atom is 0.425 e. The summed E-state index contributed by atoms with van der Waals surface area (Å²) in [6.45, 7) is 5.03. The van der Waals surface area contributed by atoms with Gasteiger partial charge in [0.15, 0.2) is 5.82 Å². The summed E-state index contributed by atoms with van der Waals surface area (Å²) >= 11 is 2.11. The first kappa shape index (κ1) is 17.9. The van der Waals surface area contributed by atoms with Crippen molar-refractivity contribution in [2.45, 2.75) is 51.7 Å². The van der Waals surface area contributed by atoms with E-state index < -0.39 is 17.8 Å². The van der Waals surface area contributed by atoms with Crippen LogP contribution in [0.5, 0.6) is 0 Å². The highest BCUT2D eigenvalue weighted by atomic mass is 127. The van der Waals surface area contributed by atoms with Crippen LogP contribution < -0.4 is 4.90 Å². The fourth-order valence-corrected chi connectivity index (χ4v) is 3.48. The van der Waals surface area contributed by atoms with Crippen molar-refractivity contribution in [2.24, 2.45) is 0 Å². The van der Waals surface area contributed by atoms with Crippen LogP contribution in [0, 0.1) is 3.57 Å². The maximum absolute atomic E-state index is 12.4. The van der Waals surface area contributed by atoms with E-state index in [2.05, 4.69) is 32.6 Å². The van der Waals surface area contributed by atoms with Gasteiger partial charge in [-0.1, -0.05) is 0 Å². The summed E-state index contributed by atoms with van der Waals surface area (Å²) < 4.78 is 8.07. The van der Waals surface area contributed by atoms with Crippen molar-refractivity contribution in [3.05, 3.63) is 16.1 Å². The Morgan fingerprint density at radius 3 is 2.56 bits per heavy atom. The highest BCUT2D eigenvalue weighted by Gasteiger charge is 2.33. The predicted octanol–water partition coefficient (Wildman–Crippen LogP) is 4.18. The SMILES string of the molecule is CC(C)(C)OC(=O)N(C(=O)O)c1ncnc2c1c(I)cn2C1CCC1. The first-order chi connectivity index (χ1) is 11.7. The largest absolute Gasteiger partial charge is 0.464 e. The number of ether oxygens (including phenoxy) is 1.